The van der Waals surface area contributed by atoms with E-state index in [0.29, 0.717) is 15.8 Å². The van der Waals surface area contributed by atoms with Gasteiger partial charge in [-0.2, -0.15) is 8.62 Å². The van der Waals surface area contributed by atoms with Gasteiger partial charge in [0.2, 0.25) is 0 Å². The Hall–Kier alpha value is -0.870. The van der Waals surface area contributed by atoms with Gasteiger partial charge >= 0.3 is 23.5 Å². The van der Waals surface area contributed by atoms with Gasteiger partial charge in [0, 0.05) is 5.38 Å². The summed E-state index contributed by atoms with van der Waals surface area (Å²) in [5, 5.41) is 23.3. The molecule has 3 heterocycles. The van der Waals surface area contributed by atoms with E-state index >= 15 is 0 Å². The quantitative estimate of drug-likeness (QED) is 0.221. The number of hydrogen-bond acceptors (Lipinski definition) is 13. The summed E-state index contributed by atoms with van der Waals surface area (Å²) in [6.07, 6.45) is -3.09. The highest BCUT2D eigenvalue weighted by Gasteiger charge is 2.54. The number of nitrogens with zero attached hydrogens (tertiary/aromatic N) is 2. The van der Waals surface area contributed by atoms with Crippen molar-refractivity contribution >= 4 is 51.5 Å². The molecule has 2 aromatic heterocycles. The summed E-state index contributed by atoms with van der Waals surface area (Å²) in [5.41, 5.74) is 4.21. The van der Waals surface area contributed by atoms with E-state index in [1.807, 2.05) is 0 Å². The van der Waals surface area contributed by atoms with Gasteiger partial charge in [0.1, 0.15) is 36.1 Å². The fourth-order valence-electron chi connectivity index (χ4n) is 2.93. The molecule has 8 N–H and O–H groups in total. The fourth-order valence-corrected chi connectivity index (χ4v) is 7.13. The Morgan fingerprint density at radius 2 is 1.84 bits per heavy atom. The van der Waals surface area contributed by atoms with E-state index in [1.54, 1.807) is 5.38 Å². The monoisotopic (exact) mass is 537 g/mol. The zero-order chi connectivity index (χ0) is 24.1. The van der Waals surface area contributed by atoms with Crippen LogP contribution in [-0.4, -0.2) is 64.2 Å². The standard InChI is InChI=1S/C12H18N3O13P3S/c1-12(17)9(16)6(2-25-30(21,22)28-31(23,24)27-29(18,19)20)26-10(12)8-7-5(3-32-8)11(13)15-4-14-7/h3-4,6,9-10,16-17H,2H2,1H3,(H,21,22)(H,23,24)(H2,13,14,15)(H2,18,19,20)/t6-,9-,10+,12-/m1/s1. The SMILES string of the molecule is C[C@@]1(O)[C@H](O)[C@@H](COP(=O)(O)OP(=O)(O)OP(=O)(O)O)O[C@H]1c1scc2c(N)ncnc12. The van der Waals surface area contributed by atoms with E-state index < -0.39 is 54.0 Å². The van der Waals surface area contributed by atoms with Crippen LogP contribution in [0.15, 0.2) is 11.7 Å². The summed E-state index contributed by atoms with van der Waals surface area (Å²) in [7, 11) is -16.7. The third-order valence-corrected chi connectivity index (χ3v) is 9.12. The van der Waals surface area contributed by atoms with Crippen LogP contribution in [-0.2, 0) is 31.6 Å². The van der Waals surface area contributed by atoms with Crippen LogP contribution in [0, 0.1) is 0 Å². The number of phosphoric acid groups is 3. The van der Waals surface area contributed by atoms with Crippen molar-refractivity contribution in [3.05, 3.63) is 16.6 Å². The van der Waals surface area contributed by atoms with Crippen molar-refractivity contribution in [3.63, 3.8) is 0 Å². The molecule has 3 rings (SSSR count). The molecule has 1 aliphatic rings. The molecule has 180 valence electrons. The maximum Gasteiger partial charge on any atom is 0.490 e. The molecule has 1 fully saturated rings. The van der Waals surface area contributed by atoms with Crippen LogP contribution in [0.5, 0.6) is 0 Å². The van der Waals surface area contributed by atoms with Gasteiger partial charge in [-0.05, 0) is 6.92 Å². The average Bonchev–Trinajstić information content (AvgIpc) is 3.11. The normalized spacial score (nSPS) is 30.3. The Morgan fingerprint density at radius 3 is 2.47 bits per heavy atom. The van der Waals surface area contributed by atoms with Gasteiger partial charge < -0.3 is 40.3 Å². The summed E-state index contributed by atoms with van der Waals surface area (Å²) < 4.78 is 51.2. The van der Waals surface area contributed by atoms with Gasteiger partial charge in [0.15, 0.2) is 0 Å². The van der Waals surface area contributed by atoms with Crippen LogP contribution in [0.1, 0.15) is 17.9 Å². The van der Waals surface area contributed by atoms with E-state index in [-0.39, 0.29) is 5.82 Å². The van der Waals surface area contributed by atoms with E-state index in [1.165, 1.54) is 13.3 Å². The second kappa shape index (κ2) is 8.73. The summed E-state index contributed by atoms with van der Waals surface area (Å²) in [4.78, 5) is 44.1. The van der Waals surface area contributed by atoms with Crippen LogP contribution >= 0.6 is 34.8 Å². The Morgan fingerprint density at radius 1 is 1.19 bits per heavy atom. The first kappa shape index (κ1) is 25.7. The molecular formula is C12H18N3O13P3S. The molecule has 2 aromatic rings. The first-order valence-electron chi connectivity index (χ1n) is 8.34. The van der Waals surface area contributed by atoms with Crippen molar-refractivity contribution in [2.45, 2.75) is 30.8 Å². The van der Waals surface area contributed by atoms with Gasteiger partial charge in [-0.25, -0.2) is 23.7 Å². The highest BCUT2D eigenvalue weighted by molar-refractivity contribution is 7.66. The number of anilines is 1. The average molecular weight is 537 g/mol. The van der Waals surface area contributed by atoms with Crippen LogP contribution in [0.4, 0.5) is 5.82 Å². The van der Waals surface area contributed by atoms with Gasteiger partial charge in [-0.1, -0.05) is 0 Å². The number of aliphatic hydroxyl groups is 2. The van der Waals surface area contributed by atoms with Crippen LogP contribution in [0.2, 0.25) is 0 Å². The smallest absolute Gasteiger partial charge is 0.387 e. The molecule has 2 unspecified atom stereocenters. The highest BCUT2D eigenvalue weighted by Crippen LogP contribution is 2.66. The van der Waals surface area contributed by atoms with Crippen molar-refractivity contribution in [1.29, 1.82) is 0 Å². The Balaban J connectivity index is 1.74. The summed E-state index contributed by atoms with van der Waals surface area (Å²) in [6.45, 7) is 0.307. The van der Waals surface area contributed by atoms with Gasteiger partial charge in [0.25, 0.3) is 0 Å². The number of ether oxygens (including phenoxy) is 1. The number of aromatic nitrogens is 2. The molecule has 0 saturated carbocycles. The molecule has 0 radical (unpaired) electrons. The summed E-state index contributed by atoms with van der Waals surface area (Å²) in [5.74, 6) is 0.180. The van der Waals surface area contributed by atoms with Crippen molar-refractivity contribution < 1.29 is 61.4 Å². The second-order valence-electron chi connectivity index (χ2n) is 6.73. The number of nitrogens with two attached hydrogens (primary N) is 1. The van der Waals surface area contributed by atoms with E-state index in [2.05, 4.69) is 23.1 Å². The van der Waals surface area contributed by atoms with Gasteiger partial charge in [-0.3, -0.25) is 4.52 Å². The molecule has 0 aromatic carbocycles. The molecule has 0 amide bonds. The van der Waals surface area contributed by atoms with Crippen molar-refractivity contribution in [3.8, 4) is 0 Å². The Labute approximate surface area is 183 Å². The number of nitrogen functional groups attached to an aromatic ring is 1. The number of rotatable bonds is 8. The zero-order valence-electron chi connectivity index (χ0n) is 15.9. The van der Waals surface area contributed by atoms with E-state index in [4.69, 9.17) is 25.2 Å². The minimum absolute atomic E-state index is 0.180. The topological polar surface area (TPSA) is 261 Å². The Kier molecular flexibility index (Phi) is 7.02. The first-order chi connectivity index (χ1) is 14.5. The maximum atomic E-state index is 11.9. The predicted octanol–water partition coefficient (Wildman–Crippen LogP) is 0.169. The number of aliphatic hydroxyl groups excluding tert-OH is 1. The fraction of sp³-hybridized carbons (Fsp3) is 0.500. The molecule has 0 aliphatic carbocycles. The van der Waals surface area contributed by atoms with Gasteiger partial charge in [-0.15, -0.1) is 11.3 Å². The van der Waals surface area contributed by atoms with E-state index in [9.17, 15) is 28.8 Å². The van der Waals surface area contributed by atoms with Crippen LogP contribution in [0.25, 0.3) is 10.9 Å². The lowest BCUT2D eigenvalue weighted by atomic mass is 9.92. The minimum atomic E-state index is -5.70. The van der Waals surface area contributed by atoms with Crippen LogP contribution in [0.3, 0.4) is 0 Å². The largest absolute Gasteiger partial charge is 0.490 e. The Bertz CT molecular complexity index is 1150. The van der Waals surface area contributed by atoms with Crippen molar-refractivity contribution in [1.82, 2.24) is 9.97 Å². The number of thiophene rings is 1. The van der Waals surface area contributed by atoms with Crippen LogP contribution < -0.4 is 5.73 Å². The molecule has 20 heteroatoms. The number of fused-ring (bicyclic) bond motifs is 1. The number of hydrogen-bond donors (Lipinski definition) is 7. The maximum absolute atomic E-state index is 11.9. The second-order valence-corrected chi connectivity index (χ2v) is 12.1. The lowest BCUT2D eigenvalue weighted by molar-refractivity contribution is -0.0630. The first-order valence-corrected chi connectivity index (χ1v) is 13.7. The minimum Gasteiger partial charge on any atom is -0.387 e. The third kappa shape index (κ3) is 5.60. The molecule has 0 spiro atoms. The zero-order valence-corrected chi connectivity index (χ0v) is 19.4. The summed E-state index contributed by atoms with van der Waals surface area (Å²) >= 11 is 1.11. The molecule has 1 saturated heterocycles. The third-order valence-electron chi connectivity index (χ3n) is 4.30. The molecule has 16 nitrogen and oxygen atoms in total. The lowest BCUT2D eigenvalue weighted by Gasteiger charge is -2.26. The van der Waals surface area contributed by atoms with Gasteiger partial charge in [0.05, 0.1) is 22.4 Å². The molecule has 0 bridgehead atoms. The van der Waals surface area contributed by atoms with Crippen molar-refractivity contribution in [2.24, 2.45) is 0 Å². The predicted molar refractivity (Wildman–Crippen MR) is 106 cm³/mol. The van der Waals surface area contributed by atoms with Crippen molar-refractivity contribution in [2.75, 3.05) is 12.3 Å². The molecular weight excluding hydrogens is 519 g/mol. The summed E-state index contributed by atoms with van der Waals surface area (Å²) in [6, 6.07) is 0. The number of phosphoric ester groups is 1. The lowest BCUT2D eigenvalue weighted by Crippen LogP contribution is -2.43. The molecule has 6 atom stereocenters. The van der Waals surface area contributed by atoms with E-state index in [0.717, 1.165) is 11.3 Å². The molecule has 32 heavy (non-hydrogen) atoms. The highest BCUT2D eigenvalue weighted by atomic mass is 32.1. The molecule has 1 aliphatic heterocycles.